The van der Waals surface area contributed by atoms with Crippen molar-refractivity contribution in [3.8, 4) is 0 Å². The zero-order chi connectivity index (χ0) is 30.0. The summed E-state index contributed by atoms with van der Waals surface area (Å²) in [4.78, 5) is 63.7. The summed E-state index contributed by atoms with van der Waals surface area (Å²) in [6.45, 7) is 6.39. The van der Waals surface area contributed by atoms with Crippen LogP contribution < -0.4 is 10.6 Å². The van der Waals surface area contributed by atoms with Crippen LogP contribution in [0.15, 0.2) is 34.9 Å². The van der Waals surface area contributed by atoms with Gasteiger partial charge in [0.1, 0.15) is 5.70 Å². The number of esters is 1. The van der Waals surface area contributed by atoms with E-state index >= 15 is 0 Å². The highest BCUT2D eigenvalue weighted by molar-refractivity contribution is 8.03. The minimum atomic E-state index is -1.10. The van der Waals surface area contributed by atoms with Crippen molar-refractivity contribution in [1.29, 1.82) is 0 Å². The van der Waals surface area contributed by atoms with Gasteiger partial charge in [0.2, 0.25) is 18.6 Å². The fraction of sp³-hybridized carbons (Fsp3) is 0.519. The van der Waals surface area contributed by atoms with E-state index in [2.05, 4.69) is 10.6 Å². The second kappa shape index (κ2) is 12.5. The van der Waals surface area contributed by atoms with Crippen LogP contribution in [-0.2, 0) is 28.6 Å². The SMILES string of the molecule is CC(C)OC(=O)OCOC(=O)C1=C(S[C@@H]2CN[C@H](C(=O)Nc3cccc(C(=O)O)c3)C2)[C@H](C)[C@@H]2[C@@H]([C@@H](C)O)C(=O)N12. The standard InChI is InChI=1S/C27H33N3O10S/c1-12(2)40-27(37)39-11-38-26(36)21-22(13(3)20-19(14(4)31)24(33)30(20)21)41-17-9-18(28-10-17)23(32)29-16-7-5-6-15(8-16)25(34)35/h5-8,12-14,17-20,28,31H,9-11H2,1-4H3,(H,29,32)(H,34,35)/t13-,14-,17+,18+,19-,20-/m1/s1. The lowest BCUT2D eigenvalue weighted by Gasteiger charge is -2.46. The summed E-state index contributed by atoms with van der Waals surface area (Å²) < 4.78 is 14.8. The lowest BCUT2D eigenvalue weighted by Crippen LogP contribution is -2.63. The molecular formula is C27H33N3O10S. The second-order valence-electron chi connectivity index (χ2n) is 10.4. The number of aliphatic hydroxyl groups excluding tert-OH is 1. The van der Waals surface area contributed by atoms with Gasteiger partial charge in [0.25, 0.3) is 0 Å². The molecule has 0 aromatic heterocycles. The van der Waals surface area contributed by atoms with E-state index in [4.69, 9.17) is 14.2 Å². The molecule has 0 spiro atoms. The Morgan fingerprint density at radius 3 is 2.59 bits per heavy atom. The molecule has 2 saturated heterocycles. The molecule has 41 heavy (non-hydrogen) atoms. The van der Waals surface area contributed by atoms with Crippen LogP contribution in [0, 0.1) is 11.8 Å². The van der Waals surface area contributed by atoms with Gasteiger partial charge in [0.15, 0.2) is 0 Å². The molecule has 0 aliphatic carbocycles. The summed E-state index contributed by atoms with van der Waals surface area (Å²) >= 11 is 1.36. The molecule has 4 N–H and O–H groups in total. The molecule has 0 unspecified atom stereocenters. The van der Waals surface area contributed by atoms with E-state index in [9.17, 15) is 34.2 Å². The fourth-order valence-electron chi connectivity index (χ4n) is 5.23. The van der Waals surface area contributed by atoms with Crippen LogP contribution in [-0.4, -0.2) is 87.9 Å². The first-order valence-corrected chi connectivity index (χ1v) is 14.1. The minimum Gasteiger partial charge on any atom is -0.478 e. The zero-order valence-electron chi connectivity index (χ0n) is 23.0. The molecule has 13 nitrogen and oxygen atoms in total. The molecule has 3 aliphatic rings. The number of aromatic carboxylic acids is 1. The summed E-state index contributed by atoms with van der Waals surface area (Å²) in [5, 5.41) is 25.1. The number of hydrogen-bond acceptors (Lipinski definition) is 11. The summed E-state index contributed by atoms with van der Waals surface area (Å²) in [5.41, 5.74) is 0.444. The lowest BCUT2D eigenvalue weighted by atomic mass is 9.79. The lowest BCUT2D eigenvalue weighted by molar-refractivity contribution is -0.166. The molecule has 1 aromatic carbocycles. The van der Waals surface area contributed by atoms with Crippen molar-refractivity contribution in [2.24, 2.45) is 11.8 Å². The van der Waals surface area contributed by atoms with E-state index in [1.807, 2.05) is 6.92 Å². The number of rotatable bonds is 10. The number of fused-ring (bicyclic) bond motifs is 1. The van der Waals surface area contributed by atoms with Gasteiger partial charge in [0, 0.05) is 28.3 Å². The molecule has 1 aromatic rings. The topological polar surface area (TPSA) is 181 Å². The molecule has 0 saturated carbocycles. The van der Waals surface area contributed by atoms with Crippen LogP contribution in [0.3, 0.4) is 0 Å². The Morgan fingerprint density at radius 2 is 1.93 bits per heavy atom. The van der Waals surface area contributed by atoms with Gasteiger partial charge in [-0.05, 0) is 45.4 Å². The first kappa shape index (κ1) is 30.3. The van der Waals surface area contributed by atoms with Gasteiger partial charge < -0.3 is 40.0 Å². The number of β-lactam (4-membered cyclic amide) rings is 1. The average molecular weight is 592 g/mol. The maximum atomic E-state index is 13.1. The number of thioether (sulfide) groups is 1. The predicted octanol–water partition coefficient (Wildman–Crippen LogP) is 1.92. The molecule has 222 valence electrons. The van der Waals surface area contributed by atoms with Crippen molar-refractivity contribution in [1.82, 2.24) is 10.2 Å². The molecule has 14 heteroatoms. The van der Waals surface area contributed by atoms with E-state index in [1.165, 1.54) is 41.8 Å². The molecule has 2 amide bonds. The maximum absolute atomic E-state index is 13.1. The highest BCUT2D eigenvalue weighted by Gasteiger charge is 2.60. The molecule has 6 atom stereocenters. The number of benzene rings is 1. The molecule has 3 heterocycles. The van der Waals surface area contributed by atoms with Crippen molar-refractivity contribution in [3.63, 3.8) is 0 Å². The van der Waals surface area contributed by atoms with Crippen LogP contribution in [0.4, 0.5) is 10.5 Å². The van der Waals surface area contributed by atoms with E-state index < -0.39 is 61.0 Å². The first-order chi connectivity index (χ1) is 19.4. The summed E-state index contributed by atoms with van der Waals surface area (Å²) in [7, 11) is 0. The summed E-state index contributed by atoms with van der Waals surface area (Å²) in [6, 6.07) is 4.93. The Balaban J connectivity index is 1.45. The molecule has 4 rings (SSSR count). The van der Waals surface area contributed by atoms with Gasteiger partial charge in [-0.15, -0.1) is 11.8 Å². The van der Waals surface area contributed by atoms with Crippen molar-refractivity contribution in [2.45, 2.75) is 63.7 Å². The van der Waals surface area contributed by atoms with Gasteiger partial charge in [0.05, 0.1) is 35.8 Å². The van der Waals surface area contributed by atoms with Crippen molar-refractivity contribution >= 4 is 47.4 Å². The molecular weight excluding hydrogens is 558 g/mol. The first-order valence-electron chi connectivity index (χ1n) is 13.2. The largest absolute Gasteiger partial charge is 0.511 e. The number of nitrogens with one attached hydrogen (secondary N) is 2. The van der Waals surface area contributed by atoms with Gasteiger partial charge in [-0.1, -0.05) is 13.0 Å². The Kier molecular flexibility index (Phi) is 9.24. The van der Waals surface area contributed by atoms with Crippen LogP contribution in [0.2, 0.25) is 0 Å². The van der Waals surface area contributed by atoms with E-state index in [1.54, 1.807) is 19.9 Å². The van der Waals surface area contributed by atoms with Crippen molar-refractivity contribution in [2.75, 3.05) is 18.7 Å². The molecule has 3 aliphatic heterocycles. The fourth-order valence-corrected chi connectivity index (χ4v) is 6.70. The Hall–Kier alpha value is -3.62. The Labute approximate surface area is 240 Å². The monoisotopic (exact) mass is 591 g/mol. The Morgan fingerprint density at radius 1 is 1.20 bits per heavy atom. The highest BCUT2D eigenvalue weighted by Crippen LogP contribution is 2.52. The quantitative estimate of drug-likeness (QED) is 0.177. The third kappa shape index (κ3) is 6.49. The molecule has 0 radical (unpaired) electrons. The number of nitrogens with zero attached hydrogens (tertiary/aromatic N) is 1. The van der Waals surface area contributed by atoms with Gasteiger partial charge in [-0.3, -0.25) is 9.59 Å². The number of anilines is 1. The number of amides is 2. The Bertz CT molecular complexity index is 1270. The van der Waals surface area contributed by atoms with Crippen molar-refractivity contribution in [3.05, 3.63) is 40.4 Å². The average Bonchev–Trinajstić information content (AvgIpc) is 3.45. The maximum Gasteiger partial charge on any atom is 0.511 e. The summed E-state index contributed by atoms with van der Waals surface area (Å²) in [5.74, 6) is -3.65. The van der Waals surface area contributed by atoms with Crippen LogP contribution >= 0.6 is 11.8 Å². The zero-order valence-corrected chi connectivity index (χ0v) is 23.8. The molecule has 0 bridgehead atoms. The number of aliphatic hydroxyl groups is 1. The van der Waals surface area contributed by atoms with Gasteiger partial charge in [-0.2, -0.15) is 0 Å². The number of carbonyl (C=O) groups is 5. The van der Waals surface area contributed by atoms with Crippen molar-refractivity contribution < 1.29 is 48.4 Å². The van der Waals surface area contributed by atoms with Gasteiger partial charge in [-0.25, -0.2) is 14.4 Å². The minimum absolute atomic E-state index is 0.0358. The molecule has 2 fully saturated rings. The number of ether oxygens (including phenoxy) is 3. The normalized spacial score (nSPS) is 25.9. The highest BCUT2D eigenvalue weighted by atomic mass is 32.2. The second-order valence-corrected chi connectivity index (χ2v) is 11.7. The number of hydrogen-bond donors (Lipinski definition) is 4. The third-order valence-electron chi connectivity index (χ3n) is 7.08. The van der Waals surface area contributed by atoms with Crippen LogP contribution in [0.25, 0.3) is 0 Å². The van der Waals surface area contributed by atoms with E-state index in [-0.39, 0.29) is 28.3 Å². The number of carboxylic acids is 1. The van der Waals surface area contributed by atoms with E-state index in [0.29, 0.717) is 23.6 Å². The number of carbonyl (C=O) groups excluding carboxylic acids is 4. The smallest absolute Gasteiger partial charge is 0.478 e. The predicted molar refractivity (Wildman–Crippen MR) is 145 cm³/mol. The summed E-state index contributed by atoms with van der Waals surface area (Å²) in [6.07, 6.45) is -1.93. The van der Waals surface area contributed by atoms with E-state index in [0.717, 1.165) is 0 Å². The van der Waals surface area contributed by atoms with Crippen LogP contribution in [0.5, 0.6) is 0 Å². The number of carboxylic acid groups (broad SMARTS) is 1. The van der Waals surface area contributed by atoms with Gasteiger partial charge >= 0.3 is 18.1 Å². The third-order valence-corrected chi connectivity index (χ3v) is 8.59. The van der Waals surface area contributed by atoms with Crippen LogP contribution in [0.1, 0.15) is 44.5 Å².